The van der Waals surface area contributed by atoms with E-state index in [1.165, 1.54) is 11.0 Å². The number of anilines is 1. The van der Waals surface area contributed by atoms with Crippen molar-refractivity contribution in [2.24, 2.45) is 0 Å². The van der Waals surface area contributed by atoms with Crippen molar-refractivity contribution in [2.75, 3.05) is 4.90 Å². The lowest BCUT2D eigenvalue weighted by Gasteiger charge is -2.26. The molecule has 2 aromatic heterocycles. The van der Waals surface area contributed by atoms with Crippen molar-refractivity contribution in [1.82, 2.24) is 9.88 Å². The zero-order valence-electron chi connectivity index (χ0n) is 19.1. The number of urea groups is 1. The first kappa shape index (κ1) is 23.3. The van der Waals surface area contributed by atoms with Crippen molar-refractivity contribution in [1.29, 1.82) is 5.26 Å². The number of thiophene rings is 1. The number of imide groups is 2. The summed E-state index contributed by atoms with van der Waals surface area (Å²) in [7, 11) is 0. The quantitative estimate of drug-likeness (QED) is 0.353. The Kier molecular flexibility index (Phi) is 5.95. The summed E-state index contributed by atoms with van der Waals surface area (Å²) in [6.07, 6.45) is 5.64. The van der Waals surface area contributed by atoms with Gasteiger partial charge in [-0.3, -0.25) is 14.9 Å². The first-order valence-corrected chi connectivity index (χ1v) is 12.8. The van der Waals surface area contributed by atoms with Crippen LogP contribution in [0.1, 0.15) is 45.8 Å². The summed E-state index contributed by atoms with van der Waals surface area (Å²) < 4.78 is 2.73. The van der Waals surface area contributed by atoms with Gasteiger partial charge < -0.3 is 4.57 Å². The number of carbonyl (C=O) groups excluding carboxylic acids is 3. The molecule has 4 amide bonds. The van der Waals surface area contributed by atoms with Gasteiger partial charge in [0.15, 0.2) is 0 Å². The second-order valence-corrected chi connectivity index (χ2v) is 10.6. The lowest BCUT2D eigenvalue weighted by molar-refractivity contribution is -0.122. The minimum absolute atomic E-state index is 0.129. The van der Waals surface area contributed by atoms with Crippen LogP contribution < -0.4 is 10.2 Å². The molecule has 0 unspecified atom stereocenters. The highest BCUT2D eigenvalue weighted by atomic mass is 79.9. The van der Waals surface area contributed by atoms with Crippen LogP contribution in [0.5, 0.6) is 0 Å². The van der Waals surface area contributed by atoms with Crippen LogP contribution in [0.25, 0.3) is 11.1 Å². The zero-order chi connectivity index (χ0) is 24.9. The molecule has 3 heterocycles. The molecule has 176 valence electrons. The van der Waals surface area contributed by atoms with Crippen molar-refractivity contribution in [3.05, 3.63) is 73.3 Å². The number of hydrogen-bond donors (Lipinski definition) is 1. The van der Waals surface area contributed by atoms with Gasteiger partial charge in [-0.15, -0.1) is 11.3 Å². The van der Waals surface area contributed by atoms with Gasteiger partial charge in [-0.2, -0.15) is 5.26 Å². The zero-order valence-corrected chi connectivity index (χ0v) is 21.5. The van der Waals surface area contributed by atoms with Crippen LogP contribution in [0.15, 0.2) is 40.4 Å². The van der Waals surface area contributed by atoms with E-state index in [1.54, 1.807) is 35.6 Å². The summed E-state index contributed by atoms with van der Waals surface area (Å²) in [6, 6.07) is 10.3. The van der Waals surface area contributed by atoms with Crippen LogP contribution in [0.2, 0.25) is 0 Å². The van der Waals surface area contributed by atoms with E-state index in [4.69, 9.17) is 0 Å². The fourth-order valence-electron chi connectivity index (χ4n) is 4.73. The number of fused-ring (bicyclic) bond motifs is 1. The molecule has 5 rings (SSSR count). The fourth-order valence-corrected chi connectivity index (χ4v) is 6.57. The number of rotatable bonds is 3. The molecule has 1 aliphatic heterocycles. The predicted octanol–water partition coefficient (Wildman–Crippen LogP) is 5.34. The second-order valence-electron chi connectivity index (χ2n) is 8.60. The Morgan fingerprint density at radius 3 is 2.66 bits per heavy atom. The molecule has 1 aromatic carbocycles. The Morgan fingerprint density at radius 1 is 1.14 bits per heavy atom. The van der Waals surface area contributed by atoms with Gasteiger partial charge >= 0.3 is 6.03 Å². The molecular weight excluding hydrogens is 528 g/mol. The Hall–Kier alpha value is -3.48. The maximum atomic E-state index is 13.3. The normalized spacial score (nSPS) is 16.9. The smallest absolute Gasteiger partial charge is 0.308 e. The third-order valence-corrected chi connectivity index (χ3v) is 8.18. The van der Waals surface area contributed by atoms with Gasteiger partial charge in [0.2, 0.25) is 0 Å². The maximum Gasteiger partial charge on any atom is 0.335 e. The Labute approximate surface area is 214 Å². The minimum Gasteiger partial charge on any atom is -0.308 e. The van der Waals surface area contributed by atoms with Crippen molar-refractivity contribution in [3.8, 4) is 11.1 Å². The molecular formula is C26H21BrN4O3S. The number of benzene rings is 1. The Balaban J connectivity index is 1.58. The summed E-state index contributed by atoms with van der Waals surface area (Å²) in [6.45, 7) is 3.84. The Bertz CT molecular complexity index is 1490. The monoisotopic (exact) mass is 548 g/mol. The third kappa shape index (κ3) is 3.93. The van der Waals surface area contributed by atoms with E-state index in [-0.39, 0.29) is 5.57 Å². The Morgan fingerprint density at radius 2 is 1.91 bits per heavy atom. The number of aryl methyl sites for hydroxylation is 2. The van der Waals surface area contributed by atoms with Crippen LogP contribution in [0, 0.1) is 25.2 Å². The molecule has 7 nitrogen and oxygen atoms in total. The molecule has 35 heavy (non-hydrogen) atoms. The number of hydrogen-bond acceptors (Lipinski definition) is 5. The fraction of sp³-hybridized carbons (Fsp3) is 0.231. The summed E-state index contributed by atoms with van der Waals surface area (Å²) in [4.78, 5) is 40.7. The van der Waals surface area contributed by atoms with Crippen molar-refractivity contribution >= 4 is 56.9 Å². The molecule has 0 saturated carbocycles. The second kappa shape index (κ2) is 8.95. The number of nitrogens with one attached hydrogen (secondary N) is 1. The standard InChI is InChI=1S/C26H21BrN4O3S/c1-14-10-16(15(2)30(14)25-21(13-28)19-8-3-4-9-22(19)35-25)11-20-23(32)29-26(34)31(24(20)33)18-7-5-6-17(27)12-18/h5-7,10-12H,3-4,8-9H2,1-2H3,(H,29,32,34). The highest BCUT2D eigenvalue weighted by Crippen LogP contribution is 2.38. The molecule has 1 N–H and O–H groups in total. The van der Waals surface area contributed by atoms with E-state index in [0.29, 0.717) is 21.3 Å². The summed E-state index contributed by atoms with van der Waals surface area (Å²) >= 11 is 4.99. The molecule has 0 bridgehead atoms. The van der Waals surface area contributed by atoms with E-state index in [2.05, 4.69) is 27.3 Å². The first-order valence-electron chi connectivity index (χ1n) is 11.2. The van der Waals surface area contributed by atoms with E-state index in [0.717, 1.165) is 52.5 Å². The number of aromatic nitrogens is 1. The van der Waals surface area contributed by atoms with Gasteiger partial charge in [-0.05, 0) is 81.0 Å². The number of amides is 4. The maximum absolute atomic E-state index is 13.3. The largest absolute Gasteiger partial charge is 0.335 e. The van der Waals surface area contributed by atoms with Gasteiger partial charge in [-0.25, -0.2) is 9.69 Å². The summed E-state index contributed by atoms with van der Waals surface area (Å²) in [5.74, 6) is -1.42. The van der Waals surface area contributed by atoms with E-state index >= 15 is 0 Å². The van der Waals surface area contributed by atoms with Crippen molar-refractivity contribution in [3.63, 3.8) is 0 Å². The SMILES string of the molecule is Cc1cc(C=C2C(=O)NC(=O)N(c3cccc(Br)c3)C2=O)c(C)n1-c1sc2c(c1C#N)CCCC2. The molecule has 0 atom stereocenters. The number of barbiturate groups is 1. The minimum atomic E-state index is -0.788. The van der Waals surface area contributed by atoms with Crippen LogP contribution >= 0.6 is 27.3 Å². The average Bonchev–Trinajstić information content (AvgIpc) is 3.32. The molecule has 9 heteroatoms. The van der Waals surface area contributed by atoms with Gasteiger partial charge in [0, 0.05) is 20.7 Å². The number of carbonyl (C=O) groups is 3. The number of nitrogens with zero attached hydrogens (tertiary/aromatic N) is 3. The molecule has 1 aliphatic carbocycles. The number of nitriles is 1. The topological polar surface area (TPSA) is 95.2 Å². The van der Waals surface area contributed by atoms with Crippen LogP contribution in [-0.2, 0) is 22.4 Å². The summed E-state index contributed by atoms with van der Waals surface area (Å²) in [5, 5.41) is 13.1. The molecule has 0 radical (unpaired) electrons. The van der Waals surface area contributed by atoms with Crippen molar-refractivity contribution < 1.29 is 14.4 Å². The van der Waals surface area contributed by atoms with Gasteiger partial charge in [0.05, 0.1) is 11.3 Å². The first-order chi connectivity index (χ1) is 16.8. The number of halogens is 1. The lowest BCUT2D eigenvalue weighted by Crippen LogP contribution is -2.54. The van der Waals surface area contributed by atoms with Crippen LogP contribution in [0.4, 0.5) is 10.5 Å². The predicted molar refractivity (Wildman–Crippen MR) is 138 cm³/mol. The molecule has 3 aromatic rings. The van der Waals surface area contributed by atoms with Gasteiger partial charge in [-0.1, -0.05) is 22.0 Å². The van der Waals surface area contributed by atoms with Crippen LogP contribution in [-0.4, -0.2) is 22.4 Å². The van der Waals surface area contributed by atoms with E-state index in [1.807, 2.05) is 24.5 Å². The average molecular weight is 549 g/mol. The molecule has 1 saturated heterocycles. The summed E-state index contributed by atoms with van der Waals surface area (Å²) in [5.41, 5.74) is 4.48. The van der Waals surface area contributed by atoms with Crippen LogP contribution in [0.3, 0.4) is 0 Å². The highest BCUT2D eigenvalue weighted by Gasteiger charge is 2.37. The molecule has 1 fully saturated rings. The van der Waals surface area contributed by atoms with Crippen molar-refractivity contribution in [2.45, 2.75) is 39.5 Å². The van der Waals surface area contributed by atoms with Gasteiger partial charge in [0.1, 0.15) is 16.6 Å². The molecule has 2 aliphatic rings. The van der Waals surface area contributed by atoms with Gasteiger partial charge in [0.25, 0.3) is 11.8 Å². The van der Waals surface area contributed by atoms with E-state index in [9.17, 15) is 19.6 Å². The highest BCUT2D eigenvalue weighted by molar-refractivity contribution is 9.10. The molecule has 0 spiro atoms. The lowest BCUT2D eigenvalue weighted by atomic mass is 9.96. The third-order valence-electron chi connectivity index (χ3n) is 6.41. The van der Waals surface area contributed by atoms with E-state index < -0.39 is 17.8 Å².